The summed E-state index contributed by atoms with van der Waals surface area (Å²) in [4.78, 5) is 0. The van der Waals surface area contributed by atoms with E-state index in [1.54, 1.807) is 0 Å². The van der Waals surface area contributed by atoms with Crippen LogP contribution in [0.4, 0.5) is 0 Å². The van der Waals surface area contributed by atoms with Gasteiger partial charge in [0.15, 0.2) is 0 Å². The molecule has 0 heterocycles. The number of rotatable bonds is 0. The minimum Gasteiger partial charge on any atom is -0.759 e. The standard InChI is InChI=1S/Be.H2O4S.H2O/c;1-5(2,3)4;/h;(H2,1,2,3,4);1H2/q+2;;/p-2. The Bertz CT molecular complexity index is 91.2. The minimum absolute atomic E-state index is 0. The Balaban J connectivity index is -0.0000000800. The molecule has 0 radical (unpaired) electrons. The molecular formula is H2BeO5S. The van der Waals surface area contributed by atoms with Gasteiger partial charge >= 0.3 is 10.1 Å². The van der Waals surface area contributed by atoms with Gasteiger partial charge < -0.3 is 14.6 Å². The summed E-state index contributed by atoms with van der Waals surface area (Å²) in [5.41, 5.74) is 0. The van der Waals surface area contributed by atoms with Crippen LogP contribution in [0.3, 0.4) is 0 Å². The van der Waals surface area contributed by atoms with Crippen molar-refractivity contribution in [2.24, 2.45) is 0 Å². The van der Waals surface area contributed by atoms with Gasteiger partial charge in [0, 0.05) is 10.4 Å². The second-order valence-corrected chi connectivity index (χ2v) is 1.22. The van der Waals surface area contributed by atoms with Gasteiger partial charge in [-0.15, -0.1) is 0 Å². The van der Waals surface area contributed by atoms with Crippen LogP contribution in [0.25, 0.3) is 0 Å². The molecule has 0 amide bonds. The topological polar surface area (TPSA) is 112 Å². The van der Waals surface area contributed by atoms with Crippen LogP contribution < -0.4 is 0 Å². The van der Waals surface area contributed by atoms with Crippen LogP contribution in [-0.4, -0.2) is 33.1 Å². The molecule has 0 aromatic carbocycles. The summed E-state index contributed by atoms with van der Waals surface area (Å²) < 4.78 is 34.1. The summed E-state index contributed by atoms with van der Waals surface area (Å²) in [6.45, 7) is 0. The summed E-state index contributed by atoms with van der Waals surface area (Å²) in [6.07, 6.45) is 0. The van der Waals surface area contributed by atoms with E-state index in [9.17, 15) is 0 Å². The summed E-state index contributed by atoms with van der Waals surface area (Å²) in [5.74, 6) is 0. The summed E-state index contributed by atoms with van der Waals surface area (Å²) >= 11 is 0. The number of hydrogen-bond donors (Lipinski definition) is 0. The molecule has 0 saturated carbocycles. The summed E-state index contributed by atoms with van der Waals surface area (Å²) in [7, 11) is -5.17. The first-order valence-corrected chi connectivity index (χ1v) is 2.00. The van der Waals surface area contributed by atoms with E-state index in [0.717, 1.165) is 0 Å². The molecule has 7 heteroatoms. The molecule has 0 rings (SSSR count). The molecule has 0 aromatic heterocycles. The van der Waals surface area contributed by atoms with Crippen molar-refractivity contribution in [1.82, 2.24) is 0 Å². The van der Waals surface area contributed by atoms with Gasteiger partial charge in [-0.3, -0.25) is 8.42 Å². The van der Waals surface area contributed by atoms with Gasteiger partial charge in [0.1, 0.15) is 0 Å². The molecule has 0 aliphatic rings. The fourth-order valence-corrected chi connectivity index (χ4v) is 0. The first kappa shape index (κ1) is 15.8. The maximum absolute atomic E-state index is 8.52. The molecule has 0 aliphatic carbocycles. The van der Waals surface area contributed by atoms with Crippen molar-refractivity contribution in [2.45, 2.75) is 0 Å². The van der Waals surface area contributed by atoms with Gasteiger partial charge in [0.2, 0.25) is 0 Å². The molecule has 2 N–H and O–H groups in total. The van der Waals surface area contributed by atoms with Gasteiger partial charge in [-0.25, -0.2) is 0 Å². The molecule has 0 unspecified atom stereocenters. The Morgan fingerprint density at radius 1 is 1.14 bits per heavy atom. The van der Waals surface area contributed by atoms with E-state index in [-0.39, 0.29) is 15.6 Å². The fraction of sp³-hybridized carbons (Fsp3) is 0. The van der Waals surface area contributed by atoms with E-state index in [0.29, 0.717) is 0 Å². The van der Waals surface area contributed by atoms with Crippen LogP contribution in [-0.2, 0) is 10.4 Å². The smallest absolute Gasteiger partial charge is 0.759 e. The van der Waals surface area contributed by atoms with Crippen molar-refractivity contribution in [2.75, 3.05) is 0 Å². The Morgan fingerprint density at radius 3 is 1.14 bits per heavy atom. The van der Waals surface area contributed by atoms with Gasteiger partial charge in [-0.05, 0) is 0 Å². The second-order valence-electron chi connectivity index (χ2n) is 0.408. The Labute approximate surface area is 44.5 Å². The van der Waals surface area contributed by atoms with Crippen LogP contribution >= 0.6 is 0 Å². The predicted molar refractivity (Wildman–Crippen MR) is 19.8 cm³/mol. The molecule has 0 aromatic rings. The van der Waals surface area contributed by atoms with Crippen molar-refractivity contribution < 1.29 is 23.0 Å². The van der Waals surface area contributed by atoms with Crippen molar-refractivity contribution >= 4 is 20.5 Å². The van der Waals surface area contributed by atoms with Crippen molar-refractivity contribution in [3.05, 3.63) is 0 Å². The van der Waals surface area contributed by atoms with E-state index in [1.165, 1.54) is 0 Å². The van der Waals surface area contributed by atoms with Crippen molar-refractivity contribution in [3.63, 3.8) is 0 Å². The maximum atomic E-state index is 8.52. The average molecular weight is 123 g/mol. The van der Waals surface area contributed by atoms with Crippen LogP contribution in [0.1, 0.15) is 0 Å². The molecule has 0 fully saturated rings. The van der Waals surface area contributed by atoms with Crippen molar-refractivity contribution in [1.29, 1.82) is 0 Å². The van der Waals surface area contributed by atoms with Crippen LogP contribution in [0.2, 0.25) is 0 Å². The van der Waals surface area contributed by atoms with Gasteiger partial charge in [-0.2, -0.15) is 0 Å². The molecule has 40 valence electrons. The van der Waals surface area contributed by atoms with Gasteiger partial charge in [0.25, 0.3) is 0 Å². The molecule has 0 bridgehead atoms. The average Bonchev–Trinajstić information content (AvgIpc) is 0.722. The molecule has 7 heavy (non-hydrogen) atoms. The van der Waals surface area contributed by atoms with Crippen LogP contribution in [0.5, 0.6) is 0 Å². The zero-order valence-corrected chi connectivity index (χ0v) is 4.06. The molecule has 0 spiro atoms. The van der Waals surface area contributed by atoms with E-state index >= 15 is 0 Å². The van der Waals surface area contributed by atoms with E-state index in [1.807, 2.05) is 0 Å². The quantitative estimate of drug-likeness (QED) is 0.200. The van der Waals surface area contributed by atoms with Gasteiger partial charge in [-0.1, -0.05) is 0 Å². The van der Waals surface area contributed by atoms with E-state index in [4.69, 9.17) is 17.5 Å². The zero-order valence-electron chi connectivity index (χ0n) is 3.25. The Morgan fingerprint density at radius 2 is 1.14 bits per heavy atom. The Kier molecular flexibility index (Phi) is 9.37. The second kappa shape index (κ2) is 4.17. The molecule has 5 nitrogen and oxygen atoms in total. The third-order valence-corrected chi connectivity index (χ3v) is 0. The van der Waals surface area contributed by atoms with E-state index < -0.39 is 10.4 Å². The van der Waals surface area contributed by atoms with Crippen molar-refractivity contribution in [3.8, 4) is 0 Å². The fourth-order valence-electron chi connectivity index (χ4n) is 0. The minimum atomic E-state index is -5.17. The number of hydrogen-bond acceptors (Lipinski definition) is 4. The van der Waals surface area contributed by atoms with Gasteiger partial charge in [0.05, 0.1) is 0 Å². The normalized spacial score (nSPS) is 8.29. The SMILES string of the molecule is O.O=S(=O)([O-])[O-].[Be+2]. The molecule has 0 aliphatic heterocycles. The first-order valence-electron chi connectivity index (χ1n) is 0.667. The third-order valence-electron chi connectivity index (χ3n) is 0. The zero-order chi connectivity index (χ0) is 4.50. The first-order chi connectivity index (χ1) is 2.00. The monoisotopic (exact) mass is 123 g/mol. The largest absolute Gasteiger partial charge is 2.00 e. The molecule has 0 atom stereocenters. The molecular weight excluding hydrogens is 121 g/mol. The van der Waals surface area contributed by atoms with E-state index in [2.05, 4.69) is 0 Å². The maximum Gasteiger partial charge on any atom is 2.00 e. The Hall–Kier alpha value is -0.00117. The van der Waals surface area contributed by atoms with Crippen LogP contribution in [0.15, 0.2) is 0 Å². The van der Waals surface area contributed by atoms with Crippen LogP contribution in [0, 0.1) is 0 Å². The summed E-state index contributed by atoms with van der Waals surface area (Å²) in [6, 6.07) is 0. The molecule has 0 saturated heterocycles. The summed E-state index contributed by atoms with van der Waals surface area (Å²) in [5, 5.41) is 0. The third kappa shape index (κ3) is 70200000. The predicted octanol–water partition coefficient (Wildman–Crippen LogP) is -2.54.